The summed E-state index contributed by atoms with van der Waals surface area (Å²) in [4.78, 5) is 0. The molecule has 0 amide bonds. The van der Waals surface area contributed by atoms with E-state index in [0.717, 1.165) is 13.0 Å². The number of hydrogen-bond donors (Lipinski definition) is 0. The van der Waals surface area contributed by atoms with Gasteiger partial charge in [0, 0.05) is 0 Å². The molecular weight excluding hydrogens is 164 g/mol. The summed E-state index contributed by atoms with van der Waals surface area (Å²) in [5, 5.41) is 0. The first-order valence-electron chi connectivity index (χ1n) is 4.88. The van der Waals surface area contributed by atoms with Crippen LogP contribution in [0.5, 0.6) is 0 Å². The Balaban J connectivity index is 3.45. The summed E-state index contributed by atoms with van der Waals surface area (Å²) in [6.45, 7) is 16.2. The fourth-order valence-electron chi connectivity index (χ4n) is 0.727. The third-order valence-electron chi connectivity index (χ3n) is 1.59. The van der Waals surface area contributed by atoms with Crippen molar-refractivity contribution >= 4 is 48.2 Å². The first kappa shape index (κ1) is 14.3. The monoisotopic (exact) mass is 178 g/mol. The van der Waals surface area contributed by atoms with Gasteiger partial charge in [0.05, 0.1) is 0 Å². The molecule has 0 fully saturated rings. The van der Waals surface area contributed by atoms with Crippen molar-refractivity contribution < 1.29 is 4.65 Å². The minimum atomic E-state index is 0.339. The van der Waals surface area contributed by atoms with Crippen molar-refractivity contribution in [3.8, 4) is 0 Å². The second-order valence-corrected chi connectivity index (χ2v) is 4.28. The van der Waals surface area contributed by atoms with Crippen molar-refractivity contribution in [1.82, 2.24) is 0 Å². The molecule has 0 aliphatic heterocycles. The average Bonchev–Trinajstić information content (AvgIpc) is 2.08. The van der Waals surface area contributed by atoms with Crippen molar-refractivity contribution in [2.24, 2.45) is 5.41 Å². The van der Waals surface area contributed by atoms with Gasteiger partial charge in [0.1, 0.15) is 0 Å². The number of hydrogen-bond acceptors (Lipinski definition) is 1. The SMILES string of the molecule is [B]B=BB=BB=BOCCC(C)(C)C. The van der Waals surface area contributed by atoms with E-state index in [1.807, 2.05) is 20.1 Å². The van der Waals surface area contributed by atoms with Crippen LogP contribution < -0.4 is 0 Å². The van der Waals surface area contributed by atoms with Gasteiger partial charge >= 0.3 is 92.1 Å². The molecule has 2 radical (unpaired) electrons. The van der Waals surface area contributed by atoms with Crippen LogP contribution in [0.3, 0.4) is 0 Å². The molecule has 0 bridgehead atoms. The summed E-state index contributed by atoms with van der Waals surface area (Å²) in [6.07, 6.45) is 1.06. The van der Waals surface area contributed by atoms with Gasteiger partial charge in [-0.2, -0.15) is 0 Å². The molecule has 0 aromatic rings. The summed E-state index contributed by atoms with van der Waals surface area (Å²) in [6, 6.07) is 0. The van der Waals surface area contributed by atoms with E-state index >= 15 is 0 Å². The molecule has 14 heavy (non-hydrogen) atoms. The van der Waals surface area contributed by atoms with E-state index in [9.17, 15) is 0 Å². The molecule has 0 saturated heterocycles. The minimum absolute atomic E-state index is 0.339. The van der Waals surface area contributed by atoms with E-state index in [1.54, 1.807) is 13.7 Å². The molecule has 0 heterocycles. The van der Waals surface area contributed by atoms with E-state index in [4.69, 9.17) is 12.4 Å². The molecule has 0 spiro atoms. The normalized spacial score (nSPS) is 9.93. The van der Waals surface area contributed by atoms with Gasteiger partial charge in [0.25, 0.3) is 0 Å². The van der Waals surface area contributed by atoms with Gasteiger partial charge < -0.3 is 0 Å². The zero-order valence-electron chi connectivity index (χ0n) is 9.36. The van der Waals surface area contributed by atoms with Crippen LogP contribution in [-0.2, 0) is 4.65 Å². The van der Waals surface area contributed by atoms with Crippen molar-refractivity contribution in [3.05, 3.63) is 0 Å². The summed E-state index contributed by atoms with van der Waals surface area (Å²) >= 11 is 0. The van der Waals surface area contributed by atoms with E-state index in [-0.39, 0.29) is 0 Å². The topological polar surface area (TPSA) is 9.23 Å². The predicted octanol–water partition coefficient (Wildman–Crippen LogP) is -0.762. The Kier molecular flexibility index (Phi) is 8.71. The van der Waals surface area contributed by atoms with Gasteiger partial charge in [0.15, 0.2) is 0 Å². The molecule has 64 valence electrons. The van der Waals surface area contributed by atoms with Gasteiger partial charge in [-0.3, -0.25) is 0 Å². The molecule has 0 atom stereocenters. The second-order valence-electron chi connectivity index (χ2n) is 4.28. The summed E-state index contributed by atoms with van der Waals surface area (Å²) in [5.41, 5.74) is 0.339. The van der Waals surface area contributed by atoms with Crippen LogP contribution >= 0.6 is 0 Å². The Morgan fingerprint density at radius 3 is 2.29 bits per heavy atom. The average molecular weight is 177 g/mol. The molecule has 8 heteroatoms. The molecule has 0 aliphatic rings. The molecular formula is C6H13B7O. The van der Waals surface area contributed by atoms with Gasteiger partial charge in [0.2, 0.25) is 0 Å². The molecule has 0 unspecified atom stereocenters. The van der Waals surface area contributed by atoms with Crippen LogP contribution in [0.1, 0.15) is 27.2 Å². The quantitative estimate of drug-likeness (QED) is 0.396. The molecule has 0 rings (SSSR count). The van der Waals surface area contributed by atoms with Crippen LogP contribution in [-0.4, -0.2) is 54.8 Å². The second kappa shape index (κ2) is 8.55. The molecule has 0 aromatic carbocycles. The predicted molar refractivity (Wildman–Crippen MR) is 70.3 cm³/mol. The first-order chi connectivity index (χ1) is 6.56. The Labute approximate surface area is 92.5 Å². The Bertz CT molecular complexity index is 217. The van der Waals surface area contributed by atoms with Gasteiger partial charge in [-0.15, -0.1) is 0 Å². The van der Waals surface area contributed by atoms with Crippen LogP contribution in [0.25, 0.3) is 0 Å². The van der Waals surface area contributed by atoms with Gasteiger partial charge in [-0.25, -0.2) is 0 Å². The van der Waals surface area contributed by atoms with Gasteiger partial charge in [-0.1, -0.05) is 0 Å². The molecule has 0 aromatic heterocycles. The van der Waals surface area contributed by atoms with Crippen molar-refractivity contribution in [2.75, 3.05) is 6.61 Å². The molecule has 0 N–H and O–H groups in total. The fraction of sp³-hybridized carbons (Fsp3) is 1.00. The van der Waals surface area contributed by atoms with Crippen LogP contribution in [0, 0.1) is 5.41 Å². The van der Waals surface area contributed by atoms with Crippen LogP contribution in [0.4, 0.5) is 0 Å². The van der Waals surface area contributed by atoms with Crippen molar-refractivity contribution in [1.29, 1.82) is 0 Å². The fourth-order valence-corrected chi connectivity index (χ4v) is 0.727. The molecule has 0 saturated carbocycles. The maximum atomic E-state index is 5.30. The third-order valence-corrected chi connectivity index (χ3v) is 1.59. The Hall–Kier alpha value is 0.255. The van der Waals surface area contributed by atoms with E-state index in [2.05, 4.69) is 20.8 Å². The van der Waals surface area contributed by atoms with E-state index in [1.165, 1.54) is 6.69 Å². The van der Waals surface area contributed by atoms with Crippen molar-refractivity contribution in [3.63, 3.8) is 0 Å². The third kappa shape index (κ3) is 12.3. The zero-order chi connectivity index (χ0) is 10.9. The molecule has 0 aliphatic carbocycles. The van der Waals surface area contributed by atoms with Crippen LogP contribution in [0.2, 0.25) is 0 Å². The van der Waals surface area contributed by atoms with Gasteiger partial charge in [-0.05, 0) is 0 Å². The summed E-state index contributed by atoms with van der Waals surface area (Å²) in [7, 11) is 6.85. The molecule has 1 nitrogen and oxygen atoms in total. The zero-order valence-corrected chi connectivity index (χ0v) is 9.36. The number of rotatable bonds is 5. The summed E-state index contributed by atoms with van der Waals surface area (Å²) < 4.78 is 5.30. The van der Waals surface area contributed by atoms with E-state index in [0.29, 0.717) is 5.41 Å². The standard InChI is InChI=1S/C6H13B7O/c1-6(2,3)4-5-14-13-12-11-10-9-8-7/h4-5H2,1-3H3. The van der Waals surface area contributed by atoms with Crippen LogP contribution in [0.15, 0.2) is 0 Å². The Morgan fingerprint density at radius 2 is 1.71 bits per heavy atom. The summed E-state index contributed by atoms with van der Waals surface area (Å²) in [5.74, 6) is 0. The Morgan fingerprint density at radius 1 is 1.07 bits per heavy atom. The first-order valence-corrected chi connectivity index (χ1v) is 4.88. The van der Waals surface area contributed by atoms with Crippen molar-refractivity contribution in [2.45, 2.75) is 27.2 Å². The van der Waals surface area contributed by atoms with E-state index < -0.39 is 0 Å². The maximum absolute atomic E-state index is 5.30.